The number of sulfonamides is 1. The number of likely N-dealkylation sites (N-methyl/N-ethyl adjacent to an activating group) is 1. The molecule has 134 valence electrons. The molecule has 0 radical (unpaired) electrons. The smallest absolute Gasteiger partial charge is 0.251 e. The van der Waals surface area contributed by atoms with Crippen LogP contribution < -0.4 is 10.0 Å². The van der Waals surface area contributed by atoms with Crippen LogP contribution in [0, 0.1) is 0 Å². The van der Waals surface area contributed by atoms with E-state index in [-0.39, 0.29) is 16.8 Å². The highest BCUT2D eigenvalue weighted by Crippen LogP contribution is 2.18. The van der Waals surface area contributed by atoms with Crippen molar-refractivity contribution in [3.63, 3.8) is 0 Å². The van der Waals surface area contributed by atoms with Gasteiger partial charge in [-0.15, -0.1) is 0 Å². The number of hydrogen-bond donors (Lipinski definition) is 2. The Morgan fingerprint density at radius 3 is 2.58 bits per heavy atom. The van der Waals surface area contributed by atoms with Crippen molar-refractivity contribution < 1.29 is 13.2 Å². The van der Waals surface area contributed by atoms with E-state index in [2.05, 4.69) is 10.0 Å². The summed E-state index contributed by atoms with van der Waals surface area (Å²) in [5, 5.41) is 3.01. The molecule has 0 heterocycles. The highest BCUT2D eigenvalue weighted by atomic mass is 32.2. The third-order valence-corrected chi connectivity index (χ3v) is 5.66. The molecule has 0 bridgehead atoms. The first-order valence-electron chi connectivity index (χ1n) is 8.44. The lowest BCUT2D eigenvalue weighted by atomic mass is 9.95. The molecule has 7 heteroatoms. The van der Waals surface area contributed by atoms with Gasteiger partial charge >= 0.3 is 0 Å². The molecule has 1 aliphatic rings. The topological polar surface area (TPSA) is 78.5 Å². The normalized spacial score (nSPS) is 16.3. The van der Waals surface area contributed by atoms with Crippen LogP contribution in [0.1, 0.15) is 42.5 Å². The fourth-order valence-corrected chi connectivity index (χ4v) is 3.87. The molecule has 1 fully saturated rings. The fourth-order valence-electron chi connectivity index (χ4n) is 2.81. The van der Waals surface area contributed by atoms with Crippen LogP contribution in [-0.2, 0) is 10.0 Å². The van der Waals surface area contributed by atoms with Crippen molar-refractivity contribution in [2.75, 3.05) is 27.2 Å². The summed E-state index contributed by atoms with van der Waals surface area (Å²) in [6.07, 6.45) is 5.48. The Morgan fingerprint density at radius 2 is 1.92 bits per heavy atom. The molecular formula is C17H27N3O3S. The van der Waals surface area contributed by atoms with Crippen molar-refractivity contribution in [2.45, 2.75) is 43.0 Å². The number of rotatable bonds is 7. The molecule has 0 unspecified atom stereocenters. The quantitative estimate of drug-likeness (QED) is 0.780. The lowest BCUT2D eigenvalue weighted by molar-refractivity contribution is 0.0927. The van der Waals surface area contributed by atoms with Crippen LogP contribution in [-0.4, -0.2) is 52.5 Å². The standard InChI is InChI=1S/C17H27N3O3S/c1-20(2)12-11-18-24(22,23)16-10-6-7-14(13-16)17(21)19-15-8-4-3-5-9-15/h6-7,10,13,15,18H,3-5,8-9,11-12H2,1-2H3,(H,19,21). The van der Waals surface area contributed by atoms with Crippen molar-refractivity contribution in [2.24, 2.45) is 0 Å². The maximum Gasteiger partial charge on any atom is 0.251 e. The zero-order valence-corrected chi connectivity index (χ0v) is 15.2. The van der Waals surface area contributed by atoms with E-state index < -0.39 is 10.0 Å². The number of hydrogen-bond acceptors (Lipinski definition) is 4. The number of amides is 1. The lowest BCUT2D eigenvalue weighted by Crippen LogP contribution is -2.36. The maximum absolute atomic E-state index is 12.4. The molecular weight excluding hydrogens is 326 g/mol. The first kappa shape index (κ1) is 18.9. The predicted molar refractivity (Wildman–Crippen MR) is 94.5 cm³/mol. The van der Waals surface area contributed by atoms with Gasteiger partial charge in [0.15, 0.2) is 0 Å². The molecule has 1 amide bonds. The van der Waals surface area contributed by atoms with Gasteiger partial charge in [0.05, 0.1) is 4.90 Å². The van der Waals surface area contributed by atoms with Crippen molar-refractivity contribution in [3.05, 3.63) is 29.8 Å². The minimum Gasteiger partial charge on any atom is -0.349 e. The third kappa shape index (κ3) is 5.58. The van der Waals surface area contributed by atoms with Gasteiger partial charge in [-0.2, -0.15) is 0 Å². The molecule has 1 aromatic rings. The van der Waals surface area contributed by atoms with Gasteiger partial charge in [0.25, 0.3) is 5.91 Å². The second kappa shape index (κ2) is 8.60. The highest BCUT2D eigenvalue weighted by Gasteiger charge is 2.19. The first-order chi connectivity index (χ1) is 11.4. The van der Waals surface area contributed by atoms with E-state index in [1.165, 1.54) is 18.6 Å². The minimum atomic E-state index is -3.60. The van der Waals surface area contributed by atoms with Crippen molar-refractivity contribution in [1.29, 1.82) is 0 Å². The van der Waals surface area contributed by atoms with Gasteiger partial charge < -0.3 is 10.2 Å². The highest BCUT2D eigenvalue weighted by molar-refractivity contribution is 7.89. The fraction of sp³-hybridized carbons (Fsp3) is 0.588. The molecule has 0 spiro atoms. The number of nitrogens with zero attached hydrogens (tertiary/aromatic N) is 1. The Balaban J connectivity index is 2.03. The van der Waals surface area contributed by atoms with E-state index in [0.717, 1.165) is 25.7 Å². The van der Waals surface area contributed by atoms with Crippen LogP contribution >= 0.6 is 0 Å². The average molecular weight is 353 g/mol. The summed E-state index contributed by atoms with van der Waals surface area (Å²) in [6, 6.07) is 6.41. The summed E-state index contributed by atoms with van der Waals surface area (Å²) >= 11 is 0. The second-order valence-corrected chi connectivity index (χ2v) is 8.30. The molecule has 1 aromatic carbocycles. The van der Waals surface area contributed by atoms with Crippen LogP contribution in [0.25, 0.3) is 0 Å². The molecule has 24 heavy (non-hydrogen) atoms. The van der Waals surface area contributed by atoms with Gasteiger partial charge in [-0.25, -0.2) is 13.1 Å². The van der Waals surface area contributed by atoms with Crippen molar-refractivity contribution in [3.8, 4) is 0 Å². The van der Waals surface area contributed by atoms with Gasteiger partial charge in [0.2, 0.25) is 10.0 Å². The zero-order chi connectivity index (χ0) is 17.6. The monoisotopic (exact) mass is 353 g/mol. The number of carbonyl (C=O) groups excluding carboxylic acids is 1. The lowest BCUT2D eigenvalue weighted by Gasteiger charge is -2.22. The summed E-state index contributed by atoms with van der Waals surface area (Å²) in [7, 11) is 0.157. The molecule has 6 nitrogen and oxygen atoms in total. The van der Waals surface area contributed by atoms with E-state index in [1.807, 2.05) is 19.0 Å². The Labute approximate surface area is 144 Å². The second-order valence-electron chi connectivity index (χ2n) is 6.54. The van der Waals surface area contributed by atoms with Gasteiger partial charge in [0.1, 0.15) is 0 Å². The van der Waals surface area contributed by atoms with Crippen LogP contribution in [0.3, 0.4) is 0 Å². The molecule has 1 aliphatic carbocycles. The molecule has 2 rings (SSSR count). The summed E-state index contributed by atoms with van der Waals surface area (Å²) in [6.45, 7) is 0.939. The van der Waals surface area contributed by atoms with Gasteiger partial charge in [0, 0.05) is 24.7 Å². The third-order valence-electron chi connectivity index (χ3n) is 4.20. The largest absolute Gasteiger partial charge is 0.349 e. The van der Waals surface area contributed by atoms with E-state index in [9.17, 15) is 13.2 Å². The van der Waals surface area contributed by atoms with E-state index in [0.29, 0.717) is 18.7 Å². The Kier molecular flexibility index (Phi) is 6.77. The minimum absolute atomic E-state index is 0.123. The van der Waals surface area contributed by atoms with Crippen LogP contribution in [0.2, 0.25) is 0 Å². The van der Waals surface area contributed by atoms with Crippen LogP contribution in [0.5, 0.6) is 0 Å². The number of benzene rings is 1. The molecule has 2 N–H and O–H groups in total. The van der Waals surface area contributed by atoms with E-state index in [1.54, 1.807) is 12.1 Å². The van der Waals surface area contributed by atoms with Gasteiger partial charge in [-0.05, 0) is 45.1 Å². The van der Waals surface area contributed by atoms with Crippen molar-refractivity contribution >= 4 is 15.9 Å². The molecule has 1 saturated carbocycles. The maximum atomic E-state index is 12.4. The molecule has 0 saturated heterocycles. The molecule has 0 aromatic heterocycles. The summed E-state index contributed by atoms with van der Waals surface area (Å²) < 4.78 is 27.2. The van der Waals surface area contributed by atoms with Gasteiger partial charge in [-0.3, -0.25) is 4.79 Å². The SMILES string of the molecule is CN(C)CCNS(=O)(=O)c1cccc(C(=O)NC2CCCCC2)c1. The zero-order valence-electron chi connectivity index (χ0n) is 14.4. The predicted octanol–water partition coefficient (Wildman–Crippen LogP) is 1.59. The van der Waals surface area contributed by atoms with E-state index in [4.69, 9.17) is 0 Å². The summed E-state index contributed by atoms with van der Waals surface area (Å²) in [5.41, 5.74) is 0.385. The average Bonchev–Trinajstić information content (AvgIpc) is 2.55. The Bertz CT molecular complexity index is 653. The Hall–Kier alpha value is -1.44. The van der Waals surface area contributed by atoms with Gasteiger partial charge in [-0.1, -0.05) is 25.3 Å². The Morgan fingerprint density at radius 1 is 1.21 bits per heavy atom. The summed E-state index contributed by atoms with van der Waals surface area (Å²) in [5.74, 6) is -0.202. The summed E-state index contributed by atoms with van der Waals surface area (Å²) in [4.78, 5) is 14.4. The first-order valence-corrected chi connectivity index (χ1v) is 9.92. The molecule has 0 aliphatic heterocycles. The van der Waals surface area contributed by atoms with Crippen LogP contribution in [0.15, 0.2) is 29.2 Å². The van der Waals surface area contributed by atoms with Crippen molar-refractivity contribution in [1.82, 2.24) is 14.9 Å². The number of carbonyl (C=O) groups is 1. The van der Waals surface area contributed by atoms with E-state index >= 15 is 0 Å². The van der Waals surface area contributed by atoms with Crippen LogP contribution in [0.4, 0.5) is 0 Å². The molecule has 0 atom stereocenters. The number of nitrogens with one attached hydrogen (secondary N) is 2.